The zero-order valence-electron chi connectivity index (χ0n) is 22.5. The molecule has 0 spiro atoms. The van der Waals surface area contributed by atoms with E-state index in [0.717, 1.165) is 24.9 Å². The molecule has 2 aromatic rings. The molecule has 0 radical (unpaired) electrons. The number of rotatable bonds is 7. The van der Waals surface area contributed by atoms with E-state index in [0.29, 0.717) is 6.07 Å². The Morgan fingerprint density at radius 2 is 1.58 bits per heavy atom. The van der Waals surface area contributed by atoms with Gasteiger partial charge in [0.15, 0.2) is 17.3 Å². The Morgan fingerprint density at radius 1 is 0.977 bits per heavy atom. The maximum Gasteiger partial charge on any atom is 0.449 e. The van der Waals surface area contributed by atoms with E-state index in [1.165, 1.54) is 0 Å². The molecule has 1 aromatic carbocycles. The minimum Gasteiger partial charge on any atom is -0.465 e. The molecular weight excluding hydrogens is 614 g/mol. The maximum atomic E-state index is 14.2. The maximum absolute atomic E-state index is 14.2. The van der Waals surface area contributed by atoms with Crippen molar-refractivity contribution >= 4 is 27.9 Å². The fourth-order valence-corrected chi connectivity index (χ4v) is 5.84. The Morgan fingerprint density at radius 3 is 2.16 bits per heavy atom. The van der Waals surface area contributed by atoms with Crippen molar-refractivity contribution in [2.75, 3.05) is 39.0 Å². The van der Waals surface area contributed by atoms with Gasteiger partial charge in [0, 0.05) is 57.8 Å². The third-order valence-corrected chi connectivity index (χ3v) is 8.42. The van der Waals surface area contributed by atoms with Gasteiger partial charge in [0.2, 0.25) is 21.8 Å². The summed E-state index contributed by atoms with van der Waals surface area (Å²) in [5, 5.41) is 11.2. The lowest BCUT2D eigenvalue weighted by atomic mass is 10.0. The summed E-state index contributed by atoms with van der Waals surface area (Å²) in [7, 11) is -3.55. The van der Waals surface area contributed by atoms with Crippen LogP contribution in [0.3, 0.4) is 0 Å². The van der Waals surface area contributed by atoms with Crippen LogP contribution in [0.2, 0.25) is 0 Å². The Hall–Kier alpha value is -3.87. The van der Waals surface area contributed by atoms with Gasteiger partial charge >= 0.3 is 12.3 Å². The van der Waals surface area contributed by atoms with Crippen LogP contribution in [0, 0.1) is 17.5 Å². The number of carboxylic acid groups (broad SMARTS) is 1. The van der Waals surface area contributed by atoms with Crippen LogP contribution >= 0.6 is 0 Å². The third-order valence-electron chi connectivity index (χ3n) is 7.11. The number of hydrogen-bond acceptors (Lipinski definition) is 6. The SMILES string of the molecule is CS(=O)(=O)N1CCN(C(=O)c2nc(C(F)(F)F)n3c2CN(C(=O)C[C@@H](Cc2cc(F)c(F)cc2F)NC(=O)O)CC3)CC1. The van der Waals surface area contributed by atoms with Crippen molar-refractivity contribution in [3.63, 3.8) is 0 Å². The molecule has 2 aliphatic heterocycles. The smallest absolute Gasteiger partial charge is 0.449 e. The lowest BCUT2D eigenvalue weighted by Crippen LogP contribution is -2.50. The number of halogens is 6. The number of benzene rings is 1. The summed E-state index contributed by atoms with van der Waals surface area (Å²) < 4.78 is 108. The lowest BCUT2D eigenvalue weighted by molar-refractivity contribution is -0.148. The number of alkyl halides is 3. The molecule has 2 aliphatic rings. The van der Waals surface area contributed by atoms with Crippen LogP contribution in [0.25, 0.3) is 0 Å². The van der Waals surface area contributed by atoms with E-state index in [2.05, 4.69) is 4.98 Å². The van der Waals surface area contributed by atoms with Gasteiger partial charge in [-0.1, -0.05) is 0 Å². The molecule has 0 saturated carbocycles. The van der Waals surface area contributed by atoms with E-state index in [9.17, 15) is 54.3 Å². The van der Waals surface area contributed by atoms with Gasteiger partial charge in [0.25, 0.3) is 5.91 Å². The number of hydrogen-bond donors (Lipinski definition) is 2. The van der Waals surface area contributed by atoms with Crippen LogP contribution in [-0.4, -0.2) is 100 Å². The molecule has 3 heterocycles. The number of piperazine rings is 1. The van der Waals surface area contributed by atoms with Gasteiger partial charge in [-0.25, -0.2) is 31.4 Å². The standard InChI is InChI=1S/C24H26F6N6O6S/c1-43(41,42)35-5-2-33(3-6-35)21(38)20-18-12-34(4-7-36(18)22(32-20)24(28,29)30)19(37)10-14(31-23(39)40)8-13-9-16(26)17(27)11-15(13)25/h9,11,14,31H,2-8,10,12H2,1H3,(H,39,40)/t14-/m1/s1. The summed E-state index contributed by atoms with van der Waals surface area (Å²) in [6.45, 7) is -1.55. The van der Waals surface area contributed by atoms with Crippen LogP contribution in [0.4, 0.5) is 31.1 Å². The van der Waals surface area contributed by atoms with Crippen LogP contribution in [0.1, 0.15) is 34.0 Å². The lowest BCUT2D eigenvalue weighted by Gasteiger charge is -2.34. The third kappa shape index (κ3) is 7.20. The number of nitrogens with one attached hydrogen (secondary N) is 1. The molecule has 12 nitrogen and oxygen atoms in total. The molecule has 1 saturated heterocycles. The highest BCUT2D eigenvalue weighted by Crippen LogP contribution is 2.33. The zero-order valence-corrected chi connectivity index (χ0v) is 23.3. The Balaban J connectivity index is 1.55. The molecule has 1 fully saturated rings. The van der Waals surface area contributed by atoms with Gasteiger partial charge in [0.1, 0.15) is 5.82 Å². The first kappa shape index (κ1) is 32.1. The second-order valence-corrected chi connectivity index (χ2v) is 12.0. The molecular formula is C24H26F6N6O6S. The van der Waals surface area contributed by atoms with Gasteiger partial charge in [-0.2, -0.15) is 17.5 Å². The molecule has 0 unspecified atom stereocenters. The highest BCUT2D eigenvalue weighted by molar-refractivity contribution is 7.88. The van der Waals surface area contributed by atoms with Crippen molar-refractivity contribution in [3.8, 4) is 0 Å². The topological polar surface area (TPSA) is 145 Å². The van der Waals surface area contributed by atoms with Crippen LogP contribution < -0.4 is 5.32 Å². The summed E-state index contributed by atoms with van der Waals surface area (Å²) in [6.07, 6.45) is -6.73. The average Bonchev–Trinajstić information content (AvgIpc) is 3.30. The van der Waals surface area contributed by atoms with E-state index in [1.807, 2.05) is 5.32 Å². The highest BCUT2D eigenvalue weighted by Gasteiger charge is 2.43. The Kier molecular flexibility index (Phi) is 8.96. The molecule has 1 aromatic heterocycles. The number of aromatic nitrogens is 2. The molecule has 236 valence electrons. The number of imidazole rings is 1. The Bertz CT molecular complexity index is 1540. The summed E-state index contributed by atoms with van der Waals surface area (Å²) >= 11 is 0. The predicted octanol–water partition coefficient (Wildman–Crippen LogP) is 1.65. The van der Waals surface area contributed by atoms with Gasteiger partial charge in [0.05, 0.1) is 18.5 Å². The van der Waals surface area contributed by atoms with Crippen molar-refractivity contribution in [2.24, 2.45) is 0 Å². The zero-order chi connectivity index (χ0) is 31.9. The minimum atomic E-state index is -4.94. The van der Waals surface area contributed by atoms with Crippen molar-refractivity contribution in [3.05, 3.63) is 52.4 Å². The number of sulfonamides is 1. The van der Waals surface area contributed by atoms with E-state index in [1.54, 1.807) is 0 Å². The molecule has 2 N–H and O–H groups in total. The Labute approximate surface area is 240 Å². The summed E-state index contributed by atoms with van der Waals surface area (Å²) in [4.78, 5) is 43.5. The summed E-state index contributed by atoms with van der Waals surface area (Å²) in [5.41, 5.74) is -1.21. The molecule has 43 heavy (non-hydrogen) atoms. The molecule has 3 amide bonds. The molecule has 0 aliphatic carbocycles. The minimum absolute atomic E-state index is 0.0755. The van der Waals surface area contributed by atoms with Gasteiger partial charge in [-0.15, -0.1) is 0 Å². The summed E-state index contributed by atoms with van der Waals surface area (Å²) in [5.74, 6) is -7.05. The first-order chi connectivity index (χ1) is 20.0. The normalized spacial score (nSPS) is 17.0. The van der Waals surface area contributed by atoms with Crippen molar-refractivity contribution in [1.82, 2.24) is 29.0 Å². The first-order valence-corrected chi connectivity index (χ1v) is 14.6. The van der Waals surface area contributed by atoms with E-state index in [-0.39, 0.29) is 44.5 Å². The van der Waals surface area contributed by atoms with Gasteiger partial charge in [-0.05, 0) is 18.1 Å². The quantitative estimate of drug-likeness (QED) is 0.346. The second-order valence-electron chi connectivity index (χ2n) is 10.1. The van der Waals surface area contributed by atoms with E-state index in [4.69, 9.17) is 0 Å². The molecule has 1 atom stereocenters. The first-order valence-electron chi connectivity index (χ1n) is 12.8. The number of carbonyl (C=O) groups is 3. The van der Waals surface area contributed by atoms with Crippen LogP contribution in [0.5, 0.6) is 0 Å². The van der Waals surface area contributed by atoms with E-state index < -0.39 is 101 Å². The average molecular weight is 641 g/mol. The van der Waals surface area contributed by atoms with Crippen LogP contribution in [-0.2, 0) is 40.5 Å². The number of carbonyl (C=O) groups excluding carboxylic acids is 2. The van der Waals surface area contributed by atoms with E-state index >= 15 is 0 Å². The fourth-order valence-electron chi connectivity index (χ4n) is 5.02. The number of amides is 3. The van der Waals surface area contributed by atoms with Crippen molar-refractivity contribution < 1.29 is 54.3 Å². The molecule has 4 rings (SSSR count). The number of fused-ring (bicyclic) bond motifs is 1. The van der Waals surface area contributed by atoms with Crippen LogP contribution in [0.15, 0.2) is 12.1 Å². The predicted molar refractivity (Wildman–Crippen MR) is 135 cm³/mol. The van der Waals surface area contributed by atoms with Gasteiger partial charge in [-0.3, -0.25) is 9.59 Å². The fraction of sp³-hybridized carbons (Fsp3) is 0.500. The second kappa shape index (κ2) is 12.0. The van der Waals surface area contributed by atoms with Crippen molar-refractivity contribution in [1.29, 1.82) is 0 Å². The molecule has 19 heteroatoms. The largest absolute Gasteiger partial charge is 0.465 e. The highest BCUT2D eigenvalue weighted by atomic mass is 32.2. The van der Waals surface area contributed by atoms with Crippen molar-refractivity contribution in [2.45, 2.75) is 38.1 Å². The number of nitrogens with zero attached hydrogens (tertiary/aromatic N) is 5. The summed E-state index contributed by atoms with van der Waals surface area (Å²) in [6, 6.07) is -0.528. The van der Waals surface area contributed by atoms with Gasteiger partial charge < -0.3 is 24.8 Å². The molecule has 0 bridgehead atoms. The monoisotopic (exact) mass is 640 g/mol.